The normalized spacial score (nSPS) is 23.5. The van der Waals surface area contributed by atoms with E-state index in [4.69, 9.17) is 16.3 Å². The Morgan fingerprint density at radius 2 is 1.71 bits per heavy atom. The Morgan fingerprint density at radius 3 is 2.52 bits per heavy atom. The van der Waals surface area contributed by atoms with E-state index in [2.05, 4.69) is 9.62 Å². The molecule has 3 aromatic rings. The van der Waals surface area contributed by atoms with Crippen molar-refractivity contribution in [1.82, 2.24) is 4.72 Å². The van der Waals surface area contributed by atoms with Gasteiger partial charge in [0.1, 0.15) is 12.4 Å². The van der Waals surface area contributed by atoms with Gasteiger partial charge in [-0.15, -0.1) is 0 Å². The number of halogens is 1. The monoisotopic (exact) mass is 628 g/mol. The minimum absolute atomic E-state index is 0.0178. The molecule has 8 nitrogen and oxygen atoms in total. The number of rotatable bonds is 0. The first-order valence-electron chi connectivity index (χ1n) is 14.2. The van der Waals surface area contributed by atoms with Crippen molar-refractivity contribution >= 4 is 43.1 Å². The number of sulfone groups is 1. The molecule has 0 spiro atoms. The summed E-state index contributed by atoms with van der Waals surface area (Å²) in [6, 6.07) is 16.7. The average molecular weight is 629 g/mol. The van der Waals surface area contributed by atoms with Gasteiger partial charge in [-0.3, -0.25) is 4.79 Å². The van der Waals surface area contributed by atoms with E-state index in [-0.39, 0.29) is 40.4 Å². The second kappa shape index (κ2) is 11.5. The number of anilines is 1. The van der Waals surface area contributed by atoms with Gasteiger partial charge in [-0.2, -0.15) is 0 Å². The predicted octanol–water partition coefficient (Wildman–Crippen LogP) is 4.92. The van der Waals surface area contributed by atoms with Gasteiger partial charge in [0.05, 0.1) is 27.7 Å². The van der Waals surface area contributed by atoms with Crippen LogP contribution in [0.1, 0.15) is 42.4 Å². The maximum absolute atomic E-state index is 13.4. The highest BCUT2D eigenvalue weighted by Crippen LogP contribution is 2.40. The summed E-state index contributed by atoms with van der Waals surface area (Å²) in [6.45, 7) is 1.50. The number of hydrogen-bond acceptors (Lipinski definition) is 7. The van der Waals surface area contributed by atoms with Gasteiger partial charge >= 0.3 is 0 Å². The Kier molecular flexibility index (Phi) is 7.97. The molecule has 1 amide bonds. The van der Waals surface area contributed by atoms with Crippen LogP contribution in [0.5, 0.6) is 5.75 Å². The molecule has 222 valence electrons. The van der Waals surface area contributed by atoms with Crippen LogP contribution in [-0.2, 0) is 44.1 Å². The van der Waals surface area contributed by atoms with Crippen molar-refractivity contribution in [1.29, 1.82) is 0 Å². The van der Waals surface area contributed by atoms with Crippen LogP contribution in [0.15, 0.2) is 70.5 Å². The first-order valence-corrected chi connectivity index (χ1v) is 17.8. The lowest BCUT2D eigenvalue weighted by Gasteiger charge is -2.41. The Balaban J connectivity index is 1.41. The van der Waals surface area contributed by atoms with Crippen molar-refractivity contribution in [2.24, 2.45) is 11.8 Å². The summed E-state index contributed by atoms with van der Waals surface area (Å²) in [5.74, 6) is -0.0616. The molecule has 0 aromatic heterocycles. The van der Waals surface area contributed by atoms with Crippen LogP contribution in [0.2, 0.25) is 5.02 Å². The Labute approximate surface area is 252 Å². The van der Waals surface area contributed by atoms with Crippen LogP contribution in [0, 0.1) is 11.8 Å². The molecule has 1 saturated carbocycles. The van der Waals surface area contributed by atoms with Gasteiger partial charge in [-0.05, 0) is 103 Å². The molecule has 2 atom stereocenters. The van der Waals surface area contributed by atoms with Gasteiger partial charge in [-0.1, -0.05) is 29.8 Å². The molecule has 6 rings (SSSR count). The first-order chi connectivity index (χ1) is 20.1. The summed E-state index contributed by atoms with van der Waals surface area (Å²) >= 11 is 6.28. The molecule has 3 aliphatic rings. The quantitative estimate of drug-likeness (QED) is 0.376. The highest BCUT2D eigenvalue weighted by atomic mass is 35.5. The topological polar surface area (TPSA) is 110 Å². The van der Waals surface area contributed by atoms with E-state index < -0.39 is 25.8 Å². The smallest absolute Gasteiger partial charge is 0.264 e. The van der Waals surface area contributed by atoms with E-state index in [9.17, 15) is 21.6 Å². The van der Waals surface area contributed by atoms with Gasteiger partial charge in [0.2, 0.25) is 5.91 Å². The summed E-state index contributed by atoms with van der Waals surface area (Å²) in [7, 11) is -7.80. The van der Waals surface area contributed by atoms with Crippen molar-refractivity contribution in [2.75, 3.05) is 23.7 Å². The molecule has 1 N–H and O–H groups in total. The fourth-order valence-electron chi connectivity index (χ4n) is 6.12. The molecular weight excluding hydrogens is 596 g/mol. The van der Waals surface area contributed by atoms with E-state index in [1.807, 2.05) is 18.2 Å². The molecule has 3 aromatic carbocycles. The van der Waals surface area contributed by atoms with Crippen molar-refractivity contribution in [3.05, 3.63) is 82.4 Å². The highest BCUT2D eigenvalue weighted by molar-refractivity contribution is 7.91. The third-order valence-electron chi connectivity index (χ3n) is 8.59. The number of hydrogen-bond donors (Lipinski definition) is 1. The zero-order valence-corrected chi connectivity index (χ0v) is 25.5. The Morgan fingerprint density at radius 1 is 0.881 bits per heavy atom. The second-order valence-electron chi connectivity index (χ2n) is 11.5. The highest BCUT2D eigenvalue weighted by Gasteiger charge is 2.37. The number of nitrogens with zero attached hydrogens (tertiary/aromatic N) is 1. The fraction of sp³-hybridized carbons (Fsp3) is 0.387. The molecule has 1 fully saturated rings. The minimum Gasteiger partial charge on any atom is -0.487 e. The van der Waals surface area contributed by atoms with Gasteiger partial charge in [0.15, 0.2) is 9.84 Å². The molecule has 11 heteroatoms. The SMILES string of the molecule is O=C1Cc2cccc(c2)S(=O)(=O)C[C@@H]2CC[C@H]2CN2CCCCc3cc(Cl)ccc3COc3ccc(cc32)S(=O)(=O)N1. The summed E-state index contributed by atoms with van der Waals surface area (Å²) in [6.07, 6.45) is 4.00. The Bertz CT molecular complexity index is 1740. The maximum atomic E-state index is 13.4. The number of ether oxygens (including phenoxy) is 1. The molecule has 0 saturated heterocycles. The minimum atomic E-state index is -4.20. The summed E-state index contributed by atoms with van der Waals surface area (Å²) in [4.78, 5) is 15.1. The van der Waals surface area contributed by atoms with Gasteiger partial charge in [-0.25, -0.2) is 21.6 Å². The summed E-state index contributed by atoms with van der Waals surface area (Å²) in [5.41, 5.74) is 3.19. The van der Waals surface area contributed by atoms with Crippen molar-refractivity contribution < 1.29 is 26.4 Å². The maximum Gasteiger partial charge on any atom is 0.264 e. The average Bonchev–Trinajstić information content (AvgIpc) is 2.96. The number of fused-ring (bicyclic) bond motifs is 5. The van der Waals surface area contributed by atoms with Crippen LogP contribution >= 0.6 is 11.6 Å². The number of sulfonamides is 1. The molecule has 2 aliphatic heterocycles. The largest absolute Gasteiger partial charge is 0.487 e. The second-order valence-corrected chi connectivity index (χ2v) is 15.6. The molecule has 42 heavy (non-hydrogen) atoms. The summed E-state index contributed by atoms with van der Waals surface area (Å²) in [5, 5.41) is 0.670. The van der Waals surface area contributed by atoms with E-state index in [0.717, 1.165) is 43.2 Å². The zero-order valence-electron chi connectivity index (χ0n) is 23.1. The number of amides is 1. The summed E-state index contributed by atoms with van der Waals surface area (Å²) < 4.78 is 62.0. The number of carbonyl (C=O) groups excluding carboxylic acids is 1. The predicted molar refractivity (Wildman–Crippen MR) is 161 cm³/mol. The van der Waals surface area contributed by atoms with Crippen molar-refractivity contribution in [3.63, 3.8) is 0 Å². The van der Waals surface area contributed by atoms with E-state index in [0.29, 0.717) is 35.1 Å². The van der Waals surface area contributed by atoms with Crippen LogP contribution in [-0.4, -0.2) is 41.6 Å². The molecule has 2 heterocycles. The number of benzene rings is 3. The Hall–Kier alpha value is -3.08. The van der Waals surface area contributed by atoms with Crippen LogP contribution in [0.25, 0.3) is 0 Å². The lowest BCUT2D eigenvalue weighted by atomic mass is 9.74. The molecule has 0 radical (unpaired) electrons. The molecule has 0 unspecified atom stereocenters. The number of carbonyl (C=O) groups is 1. The van der Waals surface area contributed by atoms with Crippen LogP contribution in [0.4, 0.5) is 5.69 Å². The number of aryl methyl sites for hydroxylation is 1. The zero-order chi connectivity index (χ0) is 29.5. The first kappa shape index (κ1) is 29.0. The standard InChI is InChI=1S/C31H33ClN2O6S2/c32-26-10-9-24-19-40-30-12-11-28-17-29(30)34(13-2-1-5-22(24)16-26)18-23-7-8-25(23)20-41(36,37)27-6-3-4-21(14-27)15-31(35)33-42(28,38)39/h3-4,6,9-12,14,16-17,23,25H,1-2,5,7-8,13,15,18-20H2,(H,33,35)/t23-,25-/m0/s1. The van der Waals surface area contributed by atoms with Crippen molar-refractivity contribution in [3.8, 4) is 5.75 Å². The van der Waals surface area contributed by atoms with Gasteiger partial charge < -0.3 is 9.64 Å². The van der Waals surface area contributed by atoms with E-state index >= 15 is 0 Å². The molecule has 1 aliphatic carbocycles. The van der Waals surface area contributed by atoms with Crippen LogP contribution < -0.4 is 14.4 Å². The third kappa shape index (κ3) is 6.16. The number of nitrogens with one attached hydrogen (secondary N) is 1. The van der Waals surface area contributed by atoms with Gasteiger partial charge in [0, 0.05) is 18.1 Å². The lowest BCUT2D eigenvalue weighted by Crippen LogP contribution is -2.41. The van der Waals surface area contributed by atoms with Crippen molar-refractivity contribution in [2.45, 2.75) is 54.9 Å². The van der Waals surface area contributed by atoms with E-state index in [1.165, 1.54) is 18.2 Å². The molecule has 4 bridgehead atoms. The molecular formula is C31H33ClN2O6S2. The fourth-order valence-corrected chi connectivity index (χ4v) is 9.13. The van der Waals surface area contributed by atoms with Gasteiger partial charge in [0.25, 0.3) is 10.0 Å². The van der Waals surface area contributed by atoms with E-state index in [1.54, 1.807) is 24.3 Å². The lowest BCUT2D eigenvalue weighted by molar-refractivity contribution is -0.118. The van der Waals surface area contributed by atoms with Crippen LogP contribution in [0.3, 0.4) is 0 Å². The third-order valence-corrected chi connectivity index (χ3v) is 12.0.